The Kier molecular flexibility index (Phi) is 3.85. The summed E-state index contributed by atoms with van der Waals surface area (Å²) in [5, 5.41) is 3.83. The van der Waals surface area contributed by atoms with Crippen molar-refractivity contribution in [3.8, 4) is 0 Å². The molecule has 3 rings (SSSR count). The lowest BCUT2D eigenvalue weighted by Gasteiger charge is -2.33. The molecule has 0 aromatic heterocycles. The van der Waals surface area contributed by atoms with Crippen LogP contribution in [0.5, 0.6) is 0 Å². The first-order valence-corrected chi connectivity index (χ1v) is 7.42. The smallest absolute Gasteiger partial charge is 0.123 e. The zero-order valence-corrected chi connectivity index (χ0v) is 11.6. The van der Waals surface area contributed by atoms with Crippen LogP contribution in [0.4, 0.5) is 4.39 Å². The van der Waals surface area contributed by atoms with Gasteiger partial charge in [-0.25, -0.2) is 4.39 Å². The molecule has 1 N–H and O–H groups in total. The lowest BCUT2D eigenvalue weighted by molar-refractivity contribution is 0.220. The number of piperidine rings is 1. The molecule has 0 amide bonds. The summed E-state index contributed by atoms with van der Waals surface area (Å²) in [6.07, 6.45) is 5.06. The third-order valence-corrected chi connectivity index (χ3v) is 4.46. The van der Waals surface area contributed by atoms with Gasteiger partial charge in [-0.3, -0.25) is 0 Å². The maximum absolute atomic E-state index is 13.0. The van der Waals surface area contributed by atoms with Gasteiger partial charge >= 0.3 is 0 Å². The third kappa shape index (κ3) is 3.34. The SMILES string of the molecule is CN1CCC(NC(c2ccc(F)cc2)C2CC2)CC1. The number of halogens is 1. The summed E-state index contributed by atoms with van der Waals surface area (Å²) in [6.45, 7) is 2.36. The van der Waals surface area contributed by atoms with Crippen molar-refractivity contribution in [2.75, 3.05) is 20.1 Å². The van der Waals surface area contributed by atoms with Gasteiger partial charge in [0.25, 0.3) is 0 Å². The molecule has 1 heterocycles. The Bertz CT molecular complexity index is 405. The van der Waals surface area contributed by atoms with E-state index in [0.717, 1.165) is 5.92 Å². The summed E-state index contributed by atoms with van der Waals surface area (Å²) >= 11 is 0. The Balaban J connectivity index is 1.66. The molecular formula is C16H23FN2. The van der Waals surface area contributed by atoms with E-state index < -0.39 is 0 Å². The highest BCUT2D eigenvalue weighted by Crippen LogP contribution is 2.41. The maximum Gasteiger partial charge on any atom is 0.123 e. The van der Waals surface area contributed by atoms with Gasteiger partial charge < -0.3 is 10.2 Å². The van der Waals surface area contributed by atoms with E-state index in [1.165, 1.54) is 44.3 Å². The number of hydrogen-bond donors (Lipinski definition) is 1. The maximum atomic E-state index is 13.0. The van der Waals surface area contributed by atoms with Crippen molar-refractivity contribution < 1.29 is 4.39 Å². The van der Waals surface area contributed by atoms with Crippen LogP contribution in [-0.4, -0.2) is 31.1 Å². The topological polar surface area (TPSA) is 15.3 Å². The number of nitrogens with zero attached hydrogens (tertiary/aromatic N) is 1. The molecule has 104 valence electrons. The molecule has 0 radical (unpaired) electrons. The molecule has 2 aliphatic rings. The number of rotatable bonds is 4. The van der Waals surface area contributed by atoms with Crippen LogP contribution in [0.1, 0.15) is 37.3 Å². The minimum atomic E-state index is -0.141. The molecule has 1 saturated heterocycles. The number of likely N-dealkylation sites (tertiary alicyclic amines) is 1. The largest absolute Gasteiger partial charge is 0.307 e. The van der Waals surface area contributed by atoms with Gasteiger partial charge in [0.15, 0.2) is 0 Å². The second-order valence-corrected chi connectivity index (χ2v) is 6.11. The first-order valence-electron chi connectivity index (χ1n) is 7.42. The Hall–Kier alpha value is -0.930. The Morgan fingerprint density at radius 2 is 1.74 bits per heavy atom. The van der Waals surface area contributed by atoms with Gasteiger partial charge in [-0.05, 0) is 69.4 Å². The van der Waals surface area contributed by atoms with Gasteiger partial charge in [-0.2, -0.15) is 0 Å². The summed E-state index contributed by atoms with van der Waals surface area (Å²) in [6, 6.07) is 8.10. The lowest BCUT2D eigenvalue weighted by atomic mass is 9.98. The summed E-state index contributed by atoms with van der Waals surface area (Å²) in [5.41, 5.74) is 1.25. The number of nitrogens with one attached hydrogen (secondary N) is 1. The molecule has 1 aliphatic carbocycles. The van der Waals surface area contributed by atoms with Gasteiger partial charge in [-0.1, -0.05) is 12.1 Å². The summed E-state index contributed by atoms with van der Waals surface area (Å²) in [5.74, 6) is 0.614. The van der Waals surface area contributed by atoms with E-state index in [4.69, 9.17) is 0 Å². The Labute approximate surface area is 115 Å². The zero-order valence-electron chi connectivity index (χ0n) is 11.6. The molecule has 1 aromatic carbocycles. The van der Waals surface area contributed by atoms with Gasteiger partial charge in [0.05, 0.1) is 0 Å². The molecule has 1 aliphatic heterocycles. The molecule has 19 heavy (non-hydrogen) atoms. The van der Waals surface area contributed by atoms with Crippen molar-refractivity contribution in [2.24, 2.45) is 5.92 Å². The lowest BCUT2D eigenvalue weighted by Crippen LogP contribution is -2.42. The average molecular weight is 262 g/mol. The number of hydrogen-bond acceptors (Lipinski definition) is 2. The molecule has 3 heteroatoms. The molecular weight excluding hydrogens is 239 g/mol. The molecule has 0 bridgehead atoms. The third-order valence-electron chi connectivity index (χ3n) is 4.46. The molecule has 2 nitrogen and oxygen atoms in total. The van der Waals surface area contributed by atoms with Crippen LogP contribution in [0.2, 0.25) is 0 Å². The van der Waals surface area contributed by atoms with E-state index in [0.29, 0.717) is 12.1 Å². The first-order chi connectivity index (χ1) is 9.22. The second-order valence-electron chi connectivity index (χ2n) is 6.11. The minimum Gasteiger partial charge on any atom is -0.307 e. The standard InChI is InChI=1S/C16H23FN2/c1-19-10-8-15(9-11-19)18-16(12-2-3-12)13-4-6-14(17)7-5-13/h4-7,12,15-16,18H,2-3,8-11H2,1H3. The predicted molar refractivity (Wildman–Crippen MR) is 75.5 cm³/mol. The van der Waals surface area contributed by atoms with Crippen molar-refractivity contribution in [3.05, 3.63) is 35.6 Å². The van der Waals surface area contributed by atoms with E-state index in [1.54, 1.807) is 12.1 Å². The molecule has 1 unspecified atom stereocenters. The van der Waals surface area contributed by atoms with E-state index in [2.05, 4.69) is 17.3 Å². The van der Waals surface area contributed by atoms with Crippen LogP contribution in [0.3, 0.4) is 0 Å². The van der Waals surface area contributed by atoms with E-state index in [-0.39, 0.29) is 5.82 Å². The normalized spacial score (nSPS) is 23.5. The highest BCUT2D eigenvalue weighted by Gasteiger charge is 2.34. The number of benzene rings is 1. The van der Waals surface area contributed by atoms with Crippen molar-refractivity contribution in [2.45, 2.75) is 37.8 Å². The van der Waals surface area contributed by atoms with Gasteiger partial charge in [0, 0.05) is 12.1 Å². The van der Waals surface area contributed by atoms with Crippen LogP contribution < -0.4 is 5.32 Å². The van der Waals surface area contributed by atoms with Crippen LogP contribution in [0.15, 0.2) is 24.3 Å². The Morgan fingerprint density at radius 1 is 1.11 bits per heavy atom. The minimum absolute atomic E-state index is 0.141. The van der Waals surface area contributed by atoms with Crippen molar-refractivity contribution >= 4 is 0 Å². The van der Waals surface area contributed by atoms with E-state index >= 15 is 0 Å². The molecule has 2 fully saturated rings. The van der Waals surface area contributed by atoms with E-state index in [9.17, 15) is 4.39 Å². The van der Waals surface area contributed by atoms with Gasteiger partial charge in [0.2, 0.25) is 0 Å². The van der Waals surface area contributed by atoms with Crippen LogP contribution in [0, 0.1) is 11.7 Å². The fourth-order valence-corrected chi connectivity index (χ4v) is 3.03. The summed E-state index contributed by atoms with van der Waals surface area (Å²) in [4.78, 5) is 2.39. The van der Waals surface area contributed by atoms with Crippen LogP contribution in [-0.2, 0) is 0 Å². The summed E-state index contributed by atoms with van der Waals surface area (Å²) < 4.78 is 13.0. The van der Waals surface area contributed by atoms with Crippen molar-refractivity contribution in [1.82, 2.24) is 10.2 Å². The van der Waals surface area contributed by atoms with Gasteiger partial charge in [0.1, 0.15) is 5.82 Å². The average Bonchev–Trinajstić information content (AvgIpc) is 3.24. The fourth-order valence-electron chi connectivity index (χ4n) is 3.03. The Morgan fingerprint density at radius 3 is 2.32 bits per heavy atom. The predicted octanol–water partition coefficient (Wildman–Crippen LogP) is 2.96. The fraction of sp³-hybridized carbons (Fsp3) is 0.625. The van der Waals surface area contributed by atoms with Gasteiger partial charge in [-0.15, -0.1) is 0 Å². The van der Waals surface area contributed by atoms with Crippen LogP contribution >= 0.6 is 0 Å². The highest BCUT2D eigenvalue weighted by molar-refractivity contribution is 5.22. The molecule has 1 aromatic rings. The first kappa shape index (κ1) is 13.1. The van der Waals surface area contributed by atoms with Crippen molar-refractivity contribution in [1.29, 1.82) is 0 Å². The molecule has 1 atom stereocenters. The summed E-state index contributed by atoms with van der Waals surface area (Å²) in [7, 11) is 2.19. The highest BCUT2D eigenvalue weighted by atomic mass is 19.1. The molecule has 1 saturated carbocycles. The van der Waals surface area contributed by atoms with Crippen LogP contribution in [0.25, 0.3) is 0 Å². The van der Waals surface area contributed by atoms with E-state index in [1.807, 2.05) is 12.1 Å². The molecule has 0 spiro atoms. The quantitative estimate of drug-likeness (QED) is 0.897. The van der Waals surface area contributed by atoms with Crippen molar-refractivity contribution in [3.63, 3.8) is 0 Å². The zero-order chi connectivity index (χ0) is 13.2. The second kappa shape index (κ2) is 5.59. The monoisotopic (exact) mass is 262 g/mol.